The van der Waals surface area contributed by atoms with Crippen LogP contribution in [0.5, 0.6) is 0 Å². The maximum atomic E-state index is 10.4. The molecule has 0 aromatic heterocycles. The molecule has 5 nitrogen and oxygen atoms in total. The van der Waals surface area contributed by atoms with Crippen LogP contribution in [0.2, 0.25) is 5.02 Å². The Balaban J connectivity index is 0.00000280. The van der Waals surface area contributed by atoms with Crippen molar-refractivity contribution < 1.29 is 5.11 Å². The van der Waals surface area contributed by atoms with E-state index in [4.69, 9.17) is 11.6 Å². The van der Waals surface area contributed by atoms with Gasteiger partial charge in [-0.25, -0.2) is 0 Å². The second-order valence-corrected chi connectivity index (χ2v) is 7.08. The highest BCUT2D eigenvalue weighted by Gasteiger charge is 2.23. The summed E-state index contributed by atoms with van der Waals surface area (Å²) in [6.07, 6.45) is 0.324. The summed E-state index contributed by atoms with van der Waals surface area (Å²) in [5, 5.41) is 17.7. The highest BCUT2D eigenvalue weighted by atomic mass is 127. The van der Waals surface area contributed by atoms with Crippen molar-refractivity contribution >= 4 is 47.2 Å². The molecule has 0 amide bonds. The summed E-state index contributed by atoms with van der Waals surface area (Å²) in [6, 6.07) is 18.1. The van der Waals surface area contributed by atoms with Gasteiger partial charge >= 0.3 is 0 Å². The van der Waals surface area contributed by atoms with Gasteiger partial charge in [0.25, 0.3) is 0 Å². The summed E-state index contributed by atoms with van der Waals surface area (Å²) in [5.41, 5.74) is 1.95. The first kappa shape index (κ1) is 22.8. The van der Waals surface area contributed by atoms with E-state index in [1.54, 1.807) is 6.07 Å². The van der Waals surface area contributed by atoms with Gasteiger partial charge in [-0.15, -0.1) is 24.0 Å². The van der Waals surface area contributed by atoms with Crippen LogP contribution in [0, 0.1) is 0 Å². The van der Waals surface area contributed by atoms with Crippen LogP contribution >= 0.6 is 35.6 Å². The van der Waals surface area contributed by atoms with Crippen LogP contribution in [0.3, 0.4) is 0 Å². The van der Waals surface area contributed by atoms with Gasteiger partial charge in [-0.05, 0) is 31.5 Å². The molecule has 2 unspecified atom stereocenters. The molecule has 2 atom stereocenters. The van der Waals surface area contributed by atoms with Gasteiger partial charge in [-0.3, -0.25) is 4.99 Å². The van der Waals surface area contributed by atoms with Crippen LogP contribution in [0.1, 0.15) is 25.0 Å². The minimum absolute atomic E-state index is 0. The average Bonchev–Trinajstić information content (AvgIpc) is 3.16. The number of aliphatic hydroxyl groups is 1. The van der Waals surface area contributed by atoms with Crippen LogP contribution in [0.25, 0.3) is 0 Å². The summed E-state index contributed by atoms with van der Waals surface area (Å²) in [6.45, 7) is 5.01. The first-order valence-corrected chi connectivity index (χ1v) is 9.82. The van der Waals surface area contributed by atoms with Gasteiger partial charge in [0.1, 0.15) is 6.10 Å². The molecule has 1 aliphatic rings. The third-order valence-corrected chi connectivity index (χ3v) is 5.03. The fourth-order valence-corrected chi connectivity index (χ4v) is 3.55. The number of rotatable bonds is 6. The molecule has 0 bridgehead atoms. The Morgan fingerprint density at radius 3 is 2.64 bits per heavy atom. The lowest BCUT2D eigenvalue weighted by Gasteiger charge is -2.20. The van der Waals surface area contributed by atoms with E-state index in [9.17, 15) is 5.11 Å². The number of aliphatic hydroxyl groups excluding tert-OH is 1. The topological polar surface area (TPSA) is 59.9 Å². The molecule has 3 N–H and O–H groups in total. The molecule has 0 radical (unpaired) electrons. The predicted molar refractivity (Wildman–Crippen MR) is 128 cm³/mol. The zero-order chi connectivity index (χ0) is 19.1. The number of benzene rings is 2. The van der Waals surface area contributed by atoms with Crippen LogP contribution in [-0.2, 0) is 0 Å². The van der Waals surface area contributed by atoms with Gasteiger partial charge in [-0.2, -0.15) is 0 Å². The van der Waals surface area contributed by atoms with Crippen LogP contribution in [-0.4, -0.2) is 43.3 Å². The third kappa shape index (κ3) is 6.25. The first-order valence-electron chi connectivity index (χ1n) is 9.44. The molecule has 0 spiro atoms. The third-order valence-electron chi connectivity index (χ3n) is 4.68. The molecule has 28 heavy (non-hydrogen) atoms. The molecule has 1 aliphatic heterocycles. The van der Waals surface area contributed by atoms with E-state index >= 15 is 0 Å². The minimum Gasteiger partial charge on any atom is -0.386 e. The van der Waals surface area contributed by atoms with Crippen LogP contribution in [0.4, 0.5) is 5.69 Å². The van der Waals surface area contributed by atoms with Gasteiger partial charge in [0.2, 0.25) is 0 Å². The summed E-state index contributed by atoms with van der Waals surface area (Å²) in [4.78, 5) is 6.93. The lowest BCUT2D eigenvalue weighted by atomic mass is 10.1. The molecule has 152 valence electrons. The van der Waals surface area contributed by atoms with Crippen molar-refractivity contribution in [2.45, 2.75) is 25.5 Å². The van der Waals surface area contributed by atoms with Crippen LogP contribution in [0.15, 0.2) is 59.6 Å². The van der Waals surface area contributed by atoms with E-state index in [0.29, 0.717) is 16.6 Å². The summed E-state index contributed by atoms with van der Waals surface area (Å²) in [5.74, 6) is 0.725. The van der Waals surface area contributed by atoms with Crippen LogP contribution < -0.4 is 15.5 Å². The maximum absolute atomic E-state index is 10.4. The van der Waals surface area contributed by atoms with E-state index in [0.717, 1.165) is 32.0 Å². The summed E-state index contributed by atoms with van der Waals surface area (Å²) >= 11 is 6.16. The Kier molecular flexibility index (Phi) is 9.34. The number of aliphatic imine (C=N–C) groups is 1. The SMILES string of the molecule is CCNC(=NCC(O)c1ccccc1Cl)NC1CCN(c2ccccc2)C1.I. The van der Waals surface area contributed by atoms with Gasteiger partial charge in [-0.1, -0.05) is 48.0 Å². The largest absolute Gasteiger partial charge is 0.386 e. The van der Waals surface area contributed by atoms with Gasteiger partial charge in [0, 0.05) is 41.9 Å². The maximum Gasteiger partial charge on any atom is 0.191 e. The monoisotopic (exact) mass is 514 g/mol. The molecular formula is C21H28ClIN4O. The zero-order valence-electron chi connectivity index (χ0n) is 16.0. The normalized spacial score (nSPS) is 17.8. The number of hydrogen-bond acceptors (Lipinski definition) is 3. The molecule has 3 rings (SSSR count). The molecule has 1 fully saturated rings. The van der Waals surface area contributed by atoms with E-state index in [-0.39, 0.29) is 30.5 Å². The number of guanidine groups is 1. The van der Waals surface area contributed by atoms with E-state index in [1.165, 1.54) is 5.69 Å². The number of halogens is 2. The molecule has 2 aromatic carbocycles. The van der Waals surface area contributed by atoms with E-state index in [2.05, 4.69) is 44.8 Å². The molecular weight excluding hydrogens is 487 g/mol. The minimum atomic E-state index is -0.724. The van der Waals surface area contributed by atoms with Gasteiger partial charge < -0.3 is 20.6 Å². The van der Waals surface area contributed by atoms with Crippen molar-refractivity contribution in [2.75, 3.05) is 31.1 Å². The molecule has 1 heterocycles. The first-order chi connectivity index (χ1) is 13.2. The quantitative estimate of drug-likeness (QED) is 0.312. The molecule has 1 saturated heterocycles. The highest BCUT2D eigenvalue weighted by Crippen LogP contribution is 2.23. The Morgan fingerprint density at radius 1 is 1.21 bits per heavy atom. The lowest BCUT2D eigenvalue weighted by Crippen LogP contribution is -2.44. The fraction of sp³-hybridized carbons (Fsp3) is 0.381. The number of para-hydroxylation sites is 1. The second kappa shape index (κ2) is 11.5. The highest BCUT2D eigenvalue weighted by molar-refractivity contribution is 14.0. The average molecular weight is 515 g/mol. The van der Waals surface area contributed by atoms with Crippen molar-refractivity contribution in [1.82, 2.24) is 10.6 Å². The van der Waals surface area contributed by atoms with E-state index in [1.807, 2.05) is 31.2 Å². The van der Waals surface area contributed by atoms with E-state index < -0.39 is 6.10 Å². The number of hydrogen-bond donors (Lipinski definition) is 3. The zero-order valence-corrected chi connectivity index (χ0v) is 19.1. The van der Waals surface area contributed by atoms with Gasteiger partial charge in [0.05, 0.1) is 6.54 Å². The standard InChI is InChI=1S/C21H27ClN4O.HI/c1-2-23-21(24-14-20(27)18-10-6-7-11-19(18)22)25-16-12-13-26(15-16)17-8-4-3-5-9-17;/h3-11,16,20,27H,2,12-15H2,1H3,(H2,23,24,25);1H. The Bertz CT molecular complexity index is 759. The Hall–Kier alpha value is -1.51. The summed E-state index contributed by atoms with van der Waals surface area (Å²) < 4.78 is 0. The lowest BCUT2D eigenvalue weighted by molar-refractivity contribution is 0.187. The van der Waals surface area contributed by atoms with Crippen molar-refractivity contribution in [1.29, 1.82) is 0 Å². The predicted octanol–water partition coefficient (Wildman–Crippen LogP) is 3.83. The van der Waals surface area contributed by atoms with Gasteiger partial charge in [0.15, 0.2) is 5.96 Å². The van der Waals surface area contributed by atoms with Crippen molar-refractivity contribution in [3.63, 3.8) is 0 Å². The second-order valence-electron chi connectivity index (χ2n) is 6.67. The molecule has 2 aromatic rings. The van der Waals surface area contributed by atoms with Crippen molar-refractivity contribution in [2.24, 2.45) is 4.99 Å². The Labute approximate surface area is 189 Å². The summed E-state index contributed by atoms with van der Waals surface area (Å²) in [7, 11) is 0. The molecule has 7 heteroatoms. The number of anilines is 1. The molecule has 0 aliphatic carbocycles. The van der Waals surface area contributed by atoms with Crippen molar-refractivity contribution in [3.8, 4) is 0 Å². The van der Waals surface area contributed by atoms with Crippen molar-refractivity contribution in [3.05, 3.63) is 65.2 Å². The Morgan fingerprint density at radius 2 is 1.93 bits per heavy atom. The molecule has 0 saturated carbocycles. The number of nitrogens with zero attached hydrogens (tertiary/aromatic N) is 2. The number of nitrogens with one attached hydrogen (secondary N) is 2. The fourth-order valence-electron chi connectivity index (χ4n) is 3.29. The smallest absolute Gasteiger partial charge is 0.191 e.